The lowest BCUT2D eigenvalue weighted by molar-refractivity contribution is 0.0938. The van der Waals surface area contributed by atoms with E-state index in [-0.39, 0.29) is 17.9 Å². The molecule has 136 valence electrons. The highest BCUT2D eigenvalue weighted by Gasteiger charge is 2.22. The zero-order chi connectivity index (χ0) is 18.7. The average Bonchev–Trinajstić information content (AvgIpc) is 3.24. The van der Waals surface area contributed by atoms with Crippen molar-refractivity contribution in [2.75, 3.05) is 0 Å². The minimum absolute atomic E-state index is 0.0518. The van der Waals surface area contributed by atoms with Gasteiger partial charge in [0.25, 0.3) is 5.91 Å². The molecule has 0 saturated carbocycles. The average molecular weight is 388 g/mol. The molecule has 3 rings (SSSR count). The quantitative estimate of drug-likeness (QED) is 0.641. The maximum atomic E-state index is 12.8. The Morgan fingerprint density at radius 2 is 1.96 bits per heavy atom. The number of amides is 1. The van der Waals surface area contributed by atoms with Crippen LogP contribution in [0.2, 0.25) is 5.02 Å². The Balaban J connectivity index is 1.82. The minimum atomic E-state index is -0.0864. The van der Waals surface area contributed by atoms with Crippen LogP contribution in [0.3, 0.4) is 0 Å². The Labute approximate surface area is 162 Å². The molecule has 0 saturated heterocycles. The summed E-state index contributed by atoms with van der Waals surface area (Å²) in [5.41, 5.74) is 3.65. The Hall–Kier alpha value is -2.11. The van der Waals surface area contributed by atoms with Gasteiger partial charge in [0, 0.05) is 11.1 Å². The number of halogens is 1. The summed E-state index contributed by atoms with van der Waals surface area (Å²) >= 11 is 7.65. The normalized spacial score (nSPS) is 12.3. The first-order valence-corrected chi connectivity index (χ1v) is 9.93. The fraction of sp³-hybridized carbons (Fsp3) is 0.300. The van der Waals surface area contributed by atoms with Gasteiger partial charge in [0.1, 0.15) is 0 Å². The van der Waals surface area contributed by atoms with E-state index >= 15 is 0 Å². The van der Waals surface area contributed by atoms with Crippen LogP contribution in [0.4, 0.5) is 0 Å². The summed E-state index contributed by atoms with van der Waals surface area (Å²) in [5.74, 6) is 0.0674. The first kappa shape index (κ1) is 18.7. The van der Waals surface area contributed by atoms with Gasteiger partial charge in [-0.1, -0.05) is 25.4 Å². The van der Waals surface area contributed by atoms with E-state index in [0.29, 0.717) is 10.6 Å². The van der Waals surface area contributed by atoms with Crippen LogP contribution >= 0.6 is 22.9 Å². The Morgan fingerprint density at radius 3 is 2.58 bits per heavy atom. The second-order valence-corrected chi connectivity index (χ2v) is 7.91. The summed E-state index contributed by atoms with van der Waals surface area (Å²) in [6, 6.07) is 9.60. The molecule has 1 N–H and O–H groups in total. The summed E-state index contributed by atoms with van der Waals surface area (Å²) in [6.45, 7) is 6.15. The van der Waals surface area contributed by atoms with Gasteiger partial charge in [0.05, 0.1) is 23.1 Å². The van der Waals surface area contributed by atoms with E-state index in [4.69, 9.17) is 11.6 Å². The van der Waals surface area contributed by atoms with Crippen LogP contribution in [0.1, 0.15) is 48.3 Å². The standard InChI is InChI=1S/C20H22ClN3OS/c1-13(2)19-18(11-22-24(19)17-6-4-16(21)5-7-17)20(25)23-14(3)10-15-8-9-26-12-15/h4-9,11-14H,10H2,1-3H3,(H,23,25). The van der Waals surface area contributed by atoms with Crippen LogP contribution in [-0.2, 0) is 6.42 Å². The van der Waals surface area contributed by atoms with Crippen LogP contribution < -0.4 is 5.32 Å². The third-order valence-corrected chi connectivity index (χ3v) is 5.15. The number of nitrogens with zero attached hydrogens (tertiary/aromatic N) is 2. The maximum Gasteiger partial charge on any atom is 0.255 e. The highest BCUT2D eigenvalue weighted by atomic mass is 35.5. The van der Waals surface area contributed by atoms with Crippen molar-refractivity contribution in [3.63, 3.8) is 0 Å². The van der Waals surface area contributed by atoms with E-state index in [2.05, 4.69) is 41.1 Å². The lowest BCUT2D eigenvalue weighted by atomic mass is 10.0. The van der Waals surface area contributed by atoms with Gasteiger partial charge in [-0.2, -0.15) is 16.4 Å². The topological polar surface area (TPSA) is 46.9 Å². The molecule has 0 spiro atoms. The van der Waals surface area contributed by atoms with E-state index in [0.717, 1.165) is 17.8 Å². The number of thiophene rings is 1. The van der Waals surface area contributed by atoms with Crippen molar-refractivity contribution < 1.29 is 4.79 Å². The van der Waals surface area contributed by atoms with Gasteiger partial charge in [-0.3, -0.25) is 4.79 Å². The van der Waals surface area contributed by atoms with Crippen LogP contribution in [0.5, 0.6) is 0 Å². The van der Waals surface area contributed by atoms with E-state index < -0.39 is 0 Å². The van der Waals surface area contributed by atoms with Crippen LogP contribution in [0.25, 0.3) is 5.69 Å². The summed E-state index contributed by atoms with van der Waals surface area (Å²) in [6.07, 6.45) is 2.47. The number of benzene rings is 1. The third-order valence-electron chi connectivity index (χ3n) is 4.17. The molecule has 0 fully saturated rings. The van der Waals surface area contributed by atoms with Crippen LogP contribution in [-0.4, -0.2) is 21.7 Å². The molecule has 1 atom stereocenters. The molecule has 3 aromatic rings. The van der Waals surface area contributed by atoms with Crippen molar-refractivity contribution in [3.05, 3.63) is 69.1 Å². The predicted molar refractivity (Wildman–Crippen MR) is 108 cm³/mol. The predicted octanol–water partition coefficient (Wildman–Crippen LogP) is 5.07. The number of rotatable bonds is 6. The monoisotopic (exact) mass is 387 g/mol. The lowest BCUT2D eigenvalue weighted by Crippen LogP contribution is -2.34. The molecule has 4 nitrogen and oxygen atoms in total. The van der Waals surface area contributed by atoms with Gasteiger partial charge in [-0.25, -0.2) is 4.68 Å². The first-order valence-electron chi connectivity index (χ1n) is 8.61. The first-order chi connectivity index (χ1) is 12.5. The smallest absolute Gasteiger partial charge is 0.255 e. The Bertz CT molecular complexity index is 869. The molecule has 0 aliphatic carbocycles. The van der Waals surface area contributed by atoms with Gasteiger partial charge in [-0.05, 0) is 65.9 Å². The number of hydrogen-bond donors (Lipinski definition) is 1. The summed E-state index contributed by atoms with van der Waals surface area (Å²) < 4.78 is 1.82. The fourth-order valence-electron chi connectivity index (χ4n) is 2.99. The summed E-state index contributed by atoms with van der Waals surface area (Å²) in [4.78, 5) is 12.8. The van der Waals surface area contributed by atoms with E-state index in [1.807, 2.05) is 35.9 Å². The van der Waals surface area contributed by atoms with Gasteiger partial charge in [-0.15, -0.1) is 0 Å². The lowest BCUT2D eigenvalue weighted by Gasteiger charge is -2.16. The van der Waals surface area contributed by atoms with Gasteiger partial charge in [0.2, 0.25) is 0 Å². The molecule has 6 heteroatoms. The molecule has 1 amide bonds. The van der Waals surface area contributed by atoms with Crippen LogP contribution in [0.15, 0.2) is 47.3 Å². The largest absolute Gasteiger partial charge is 0.349 e. The molecule has 0 bridgehead atoms. The molecule has 0 radical (unpaired) electrons. The van der Waals surface area contributed by atoms with Gasteiger partial charge in [0.15, 0.2) is 0 Å². The SMILES string of the molecule is CC(Cc1ccsc1)NC(=O)c1cnn(-c2ccc(Cl)cc2)c1C(C)C. The maximum absolute atomic E-state index is 12.8. The highest BCUT2D eigenvalue weighted by Crippen LogP contribution is 2.24. The number of nitrogens with one attached hydrogen (secondary N) is 1. The Kier molecular flexibility index (Phi) is 5.79. The van der Waals surface area contributed by atoms with E-state index in [1.54, 1.807) is 17.5 Å². The van der Waals surface area contributed by atoms with E-state index in [1.165, 1.54) is 5.56 Å². The zero-order valence-electron chi connectivity index (χ0n) is 15.1. The molecule has 1 unspecified atom stereocenters. The highest BCUT2D eigenvalue weighted by molar-refractivity contribution is 7.07. The fourth-order valence-corrected chi connectivity index (χ4v) is 3.80. The van der Waals surface area contributed by atoms with Crippen molar-refractivity contribution in [1.82, 2.24) is 15.1 Å². The minimum Gasteiger partial charge on any atom is -0.349 e. The number of carbonyl (C=O) groups is 1. The molecule has 2 heterocycles. The third kappa shape index (κ3) is 4.17. The van der Waals surface area contributed by atoms with Crippen molar-refractivity contribution in [2.45, 2.75) is 39.2 Å². The van der Waals surface area contributed by atoms with Gasteiger partial charge < -0.3 is 5.32 Å². The van der Waals surface area contributed by atoms with Crippen LogP contribution in [0, 0.1) is 0 Å². The van der Waals surface area contributed by atoms with E-state index in [9.17, 15) is 4.79 Å². The molecule has 2 aromatic heterocycles. The molecule has 0 aliphatic rings. The zero-order valence-corrected chi connectivity index (χ0v) is 16.6. The second-order valence-electron chi connectivity index (χ2n) is 6.70. The molecular formula is C20H22ClN3OS. The number of hydrogen-bond acceptors (Lipinski definition) is 3. The number of carbonyl (C=O) groups excluding carboxylic acids is 1. The Morgan fingerprint density at radius 1 is 1.23 bits per heavy atom. The molecule has 0 aliphatic heterocycles. The molecular weight excluding hydrogens is 366 g/mol. The van der Waals surface area contributed by atoms with Crippen molar-refractivity contribution in [1.29, 1.82) is 0 Å². The van der Waals surface area contributed by atoms with Crippen molar-refractivity contribution in [2.24, 2.45) is 0 Å². The summed E-state index contributed by atoms with van der Waals surface area (Å²) in [7, 11) is 0. The number of aromatic nitrogens is 2. The molecule has 26 heavy (non-hydrogen) atoms. The van der Waals surface area contributed by atoms with Crippen molar-refractivity contribution in [3.8, 4) is 5.69 Å². The van der Waals surface area contributed by atoms with Crippen molar-refractivity contribution >= 4 is 28.8 Å². The second kappa shape index (κ2) is 8.06. The summed E-state index contributed by atoms with van der Waals surface area (Å²) in [5, 5.41) is 12.4. The van der Waals surface area contributed by atoms with Gasteiger partial charge >= 0.3 is 0 Å². The molecule has 1 aromatic carbocycles.